The number of rotatable bonds is 8. The number of nitrogens with one attached hydrogen (secondary N) is 1. The Kier molecular flexibility index (Phi) is 6.81. The van der Waals surface area contributed by atoms with E-state index >= 15 is 0 Å². The second kappa shape index (κ2) is 8.15. The standard InChI is InChI=1S/C16H27NO/c1-5-9-17-12-15-7-6-8-16(11-15)18-14(4)10-13(2)3/h6-8,11,13-14,17H,5,9-10,12H2,1-4H3. The third-order valence-corrected chi connectivity index (χ3v) is 2.79. The number of hydrogen-bond acceptors (Lipinski definition) is 2. The van der Waals surface area contributed by atoms with Gasteiger partial charge in [0.05, 0.1) is 6.10 Å². The minimum absolute atomic E-state index is 0.281. The molecule has 0 aromatic heterocycles. The van der Waals surface area contributed by atoms with E-state index in [2.05, 4.69) is 51.2 Å². The molecule has 0 amide bonds. The molecule has 2 heteroatoms. The Balaban J connectivity index is 2.48. The van der Waals surface area contributed by atoms with E-state index in [0.29, 0.717) is 5.92 Å². The Morgan fingerprint density at radius 2 is 2.00 bits per heavy atom. The SMILES string of the molecule is CCCNCc1cccc(OC(C)CC(C)C)c1. The quantitative estimate of drug-likeness (QED) is 0.703. The summed E-state index contributed by atoms with van der Waals surface area (Å²) in [4.78, 5) is 0. The van der Waals surface area contributed by atoms with Crippen molar-refractivity contribution in [1.29, 1.82) is 0 Å². The van der Waals surface area contributed by atoms with Crippen molar-refractivity contribution in [3.8, 4) is 5.75 Å². The van der Waals surface area contributed by atoms with Gasteiger partial charge in [-0.05, 0) is 49.9 Å². The molecule has 0 saturated heterocycles. The normalized spacial score (nSPS) is 12.7. The smallest absolute Gasteiger partial charge is 0.120 e. The molecule has 0 radical (unpaired) electrons. The molecule has 1 aromatic rings. The van der Waals surface area contributed by atoms with Crippen LogP contribution in [0.5, 0.6) is 5.75 Å². The molecule has 0 aliphatic carbocycles. The molecule has 1 N–H and O–H groups in total. The zero-order valence-corrected chi connectivity index (χ0v) is 12.2. The zero-order valence-electron chi connectivity index (χ0n) is 12.2. The summed E-state index contributed by atoms with van der Waals surface area (Å²) in [6, 6.07) is 8.39. The molecule has 2 nitrogen and oxygen atoms in total. The first kappa shape index (κ1) is 15.0. The summed E-state index contributed by atoms with van der Waals surface area (Å²) in [6.07, 6.45) is 2.55. The van der Waals surface area contributed by atoms with Crippen molar-refractivity contribution in [3.05, 3.63) is 29.8 Å². The Labute approximate surface area is 112 Å². The topological polar surface area (TPSA) is 21.3 Å². The van der Waals surface area contributed by atoms with Crippen LogP contribution in [0.15, 0.2) is 24.3 Å². The Morgan fingerprint density at radius 3 is 2.67 bits per heavy atom. The van der Waals surface area contributed by atoms with Gasteiger partial charge in [0.2, 0.25) is 0 Å². The van der Waals surface area contributed by atoms with E-state index in [0.717, 1.165) is 25.3 Å². The van der Waals surface area contributed by atoms with Crippen LogP contribution in [0.1, 0.15) is 46.1 Å². The molecule has 0 aliphatic heterocycles. The zero-order chi connectivity index (χ0) is 13.4. The summed E-state index contributed by atoms with van der Waals surface area (Å²) in [5.41, 5.74) is 1.29. The molecule has 0 aliphatic rings. The summed E-state index contributed by atoms with van der Waals surface area (Å²) in [5, 5.41) is 3.41. The fourth-order valence-electron chi connectivity index (χ4n) is 2.08. The highest BCUT2D eigenvalue weighted by Gasteiger charge is 2.06. The summed E-state index contributed by atoms with van der Waals surface area (Å²) in [7, 11) is 0. The van der Waals surface area contributed by atoms with E-state index < -0.39 is 0 Å². The lowest BCUT2D eigenvalue weighted by Gasteiger charge is -2.17. The molecule has 0 saturated carbocycles. The fraction of sp³-hybridized carbons (Fsp3) is 0.625. The van der Waals surface area contributed by atoms with Crippen LogP contribution in [0.2, 0.25) is 0 Å². The summed E-state index contributed by atoms with van der Waals surface area (Å²) in [5.74, 6) is 1.66. The Bertz CT molecular complexity index is 336. The van der Waals surface area contributed by atoms with Crippen LogP contribution >= 0.6 is 0 Å². The van der Waals surface area contributed by atoms with Crippen molar-refractivity contribution in [3.63, 3.8) is 0 Å². The predicted molar refractivity (Wildman–Crippen MR) is 78.0 cm³/mol. The van der Waals surface area contributed by atoms with Gasteiger partial charge in [-0.1, -0.05) is 32.9 Å². The van der Waals surface area contributed by atoms with Gasteiger partial charge >= 0.3 is 0 Å². The van der Waals surface area contributed by atoms with Crippen molar-refractivity contribution in [1.82, 2.24) is 5.32 Å². The molecule has 0 bridgehead atoms. The molecule has 0 fully saturated rings. The van der Waals surface area contributed by atoms with Crippen molar-refractivity contribution >= 4 is 0 Å². The fourth-order valence-corrected chi connectivity index (χ4v) is 2.08. The van der Waals surface area contributed by atoms with E-state index in [1.165, 1.54) is 12.0 Å². The van der Waals surface area contributed by atoms with E-state index in [1.54, 1.807) is 0 Å². The lowest BCUT2D eigenvalue weighted by molar-refractivity contribution is 0.193. The maximum atomic E-state index is 5.94. The van der Waals surface area contributed by atoms with Gasteiger partial charge in [-0.15, -0.1) is 0 Å². The number of ether oxygens (including phenoxy) is 1. The third-order valence-electron chi connectivity index (χ3n) is 2.79. The minimum Gasteiger partial charge on any atom is -0.491 e. The second-order valence-corrected chi connectivity index (χ2v) is 5.38. The van der Waals surface area contributed by atoms with Crippen molar-refractivity contribution in [2.45, 2.75) is 53.2 Å². The van der Waals surface area contributed by atoms with Crippen molar-refractivity contribution in [2.24, 2.45) is 5.92 Å². The van der Waals surface area contributed by atoms with E-state index in [4.69, 9.17) is 4.74 Å². The highest BCUT2D eigenvalue weighted by atomic mass is 16.5. The monoisotopic (exact) mass is 249 g/mol. The molecule has 102 valence electrons. The van der Waals surface area contributed by atoms with Crippen LogP contribution in [0.3, 0.4) is 0 Å². The van der Waals surface area contributed by atoms with Gasteiger partial charge in [0.25, 0.3) is 0 Å². The van der Waals surface area contributed by atoms with E-state index in [1.807, 2.05) is 6.07 Å². The predicted octanol–water partition coefficient (Wildman–Crippen LogP) is 4.00. The lowest BCUT2D eigenvalue weighted by Crippen LogP contribution is -2.15. The van der Waals surface area contributed by atoms with E-state index in [9.17, 15) is 0 Å². The van der Waals surface area contributed by atoms with Crippen LogP contribution in [-0.2, 0) is 6.54 Å². The Morgan fingerprint density at radius 1 is 1.22 bits per heavy atom. The van der Waals surface area contributed by atoms with Crippen molar-refractivity contribution < 1.29 is 4.74 Å². The summed E-state index contributed by atoms with van der Waals surface area (Å²) in [6.45, 7) is 10.8. The van der Waals surface area contributed by atoms with Crippen LogP contribution < -0.4 is 10.1 Å². The number of hydrogen-bond donors (Lipinski definition) is 1. The van der Waals surface area contributed by atoms with Gasteiger partial charge in [-0.3, -0.25) is 0 Å². The molecule has 1 rings (SSSR count). The van der Waals surface area contributed by atoms with Crippen LogP contribution in [-0.4, -0.2) is 12.6 Å². The van der Waals surface area contributed by atoms with Gasteiger partial charge in [-0.25, -0.2) is 0 Å². The first-order valence-corrected chi connectivity index (χ1v) is 7.08. The average molecular weight is 249 g/mol. The highest BCUT2D eigenvalue weighted by Crippen LogP contribution is 2.17. The molecule has 1 aromatic carbocycles. The van der Waals surface area contributed by atoms with Crippen LogP contribution in [0, 0.1) is 5.92 Å². The Hall–Kier alpha value is -1.02. The van der Waals surface area contributed by atoms with E-state index in [-0.39, 0.29) is 6.10 Å². The molecular formula is C16H27NO. The van der Waals surface area contributed by atoms with Gasteiger partial charge in [0.1, 0.15) is 5.75 Å². The van der Waals surface area contributed by atoms with Gasteiger partial charge in [0.15, 0.2) is 0 Å². The summed E-state index contributed by atoms with van der Waals surface area (Å²) >= 11 is 0. The maximum absolute atomic E-state index is 5.94. The third kappa shape index (κ3) is 6.06. The molecular weight excluding hydrogens is 222 g/mol. The molecule has 0 spiro atoms. The maximum Gasteiger partial charge on any atom is 0.120 e. The molecule has 1 unspecified atom stereocenters. The number of benzene rings is 1. The highest BCUT2D eigenvalue weighted by molar-refractivity contribution is 5.28. The van der Waals surface area contributed by atoms with Gasteiger partial charge in [-0.2, -0.15) is 0 Å². The largest absolute Gasteiger partial charge is 0.491 e. The molecule has 0 heterocycles. The van der Waals surface area contributed by atoms with Crippen LogP contribution in [0.4, 0.5) is 0 Å². The first-order chi connectivity index (χ1) is 8.61. The summed E-state index contributed by atoms with van der Waals surface area (Å²) < 4.78 is 5.94. The van der Waals surface area contributed by atoms with Gasteiger partial charge < -0.3 is 10.1 Å². The van der Waals surface area contributed by atoms with Gasteiger partial charge in [0, 0.05) is 6.54 Å². The first-order valence-electron chi connectivity index (χ1n) is 7.08. The molecule has 18 heavy (non-hydrogen) atoms. The van der Waals surface area contributed by atoms with Crippen molar-refractivity contribution in [2.75, 3.05) is 6.54 Å². The molecule has 1 atom stereocenters. The average Bonchev–Trinajstić information content (AvgIpc) is 2.28. The lowest BCUT2D eigenvalue weighted by atomic mass is 10.1. The van der Waals surface area contributed by atoms with Crippen LogP contribution in [0.25, 0.3) is 0 Å². The minimum atomic E-state index is 0.281. The second-order valence-electron chi connectivity index (χ2n) is 5.38.